The topological polar surface area (TPSA) is 57.7 Å². The van der Waals surface area contributed by atoms with Gasteiger partial charge in [0, 0.05) is 19.5 Å². The average Bonchev–Trinajstić information content (AvgIpc) is 2.55. The molecule has 1 aromatic carbocycles. The molecule has 0 radical (unpaired) electrons. The van der Waals surface area contributed by atoms with E-state index < -0.39 is 5.91 Å². The van der Waals surface area contributed by atoms with Crippen LogP contribution in [0.3, 0.4) is 0 Å². The second-order valence-electron chi connectivity index (χ2n) is 5.24. The first-order chi connectivity index (χ1) is 10.6. The number of aryl methyl sites for hydroxylation is 1. The zero-order chi connectivity index (χ0) is 15.9. The number of carbonyl (C=O) groups excluding carboxylic acids is 3. The fourth-order valence-corrected chi connectivity index (χ4v) is 2.48. The van der Waals surface area contributed by atoms with Crippen LogP contribution in [0.2, 0.25) is 0 Å². The van der Waals surface area contributed by atoms with Gasteiger partial charge in [-0.15, -0.1) is 0 Å². The van der Waals surface area contributed by atoms with Gasteiger partial charge in [0.2, 0.25) is 11.8 Å². The third-order valence-electron chi connectivity index (χ3n) is 3.71. The molecule has 0 unspecified atom stereocenters. The minimum Gasteiger partial charge on any atom is -0.332 e. The SMILES string of the molecule is C=CC(=O)N1CCN(C(=O)CCCc2ccccc2)CC1=O. The van der Waals surface area contributed by atoms with Gasteiger partial charge in [0.05, 0.1) is 0 Å². The van der Waals surface area contributed by atoms with Crippen LogP contribution < -0.4 is 0 Å². The van der Waals surface area contributed by atoms with Crippen molar-refractivity contribution >= 4 is 17.7 Å². The number of hydrogen-bond donors (Lipinski definition) is 0. The first-order valence-corrected chi connectivity index (χ1v) is 7.40. The van der Waals surface area contributed by atoms with Crippen molar-refractivity contribution in [3.8, 4) is 0 Å². The van der Waals surface area contributed by atoms with Gasteiger partial charge in [-0.05, 0) is 24.5 Å². The number of carbonyl (C=O) groups is 3. The number of rotatable bonds is 5. The molecule has 0 spiro atoms. The second-order valence-corrected chi connectivity index (χ2v) is 5.24. The lowest BCUT2D eigenvalue weighted by Gasteiger charge is -2.32. The predicted octanol–water partition coefficient (Wildman–Crippen LogP) is 1.39. The molecule has 0 atom stereocenters. The van der Waals surface area contributed by atoms with Gasteiger partial charge in [-0.25, -0.2) is 0 Å². The Bertz CT molecular complexity index is 569. The molecule has 0 N–H and O–H groups in total. The molecule has 22 heavy (non-hydrogen) atoms. The fourth-order valence-electron chi connectivity index (χ4n) is 2.48. The number of amides is 3. The van der Waals surface area contributed by atoms with Crippen LogP contribution in [-0.2, 0) is 20.8 Å². The first-order valence-electron chi connectivity index (χ1n) is 7.40. The minimum absolute atomic E-state index is 0.0241. The van der Waals surface area contributed by atoms with E-state index in [9.17, 15) is 14.4 Å². The summed E-state index contributed by atoms with van der Waals surface area (Å²) >= 11 is 0. The van der Waals surface area contributed by atoms with Crippen molar-refractivity contribution < 1.29 is 14.4 Å². The molecule has 1 aliphatic rings. The van der Waals surface area contributed by atoms with Crippen LogP contribution in [0.15, 0.2) is 43.0 Å². The summed E-state index contributed by atoms with van der Waals surface area (Å²) in [6.07, 6.45) is 3.13. The van der Waals surface area contributed by atoms with Crippen molar-refractivity contribution in [2.75, 3.05) is 19.6 Å². The van der Waals surface area contributed by atoms with Gasteiger partial charge in [0.15, 0.2) is 0 Å². The van der Waals surface area contributed by atoms with Crippen molar-refractivity contribution in [1.29, 1.82) is 0 Å². The van der Waals surface area contributed by atoms with E-state index in [2.05, 4.69) is 6.58 Å². The Balaban J connectivity index is 1.78. The summed E-state index contributed by atoms with van der Waals surface area (Å²) in [5.41, 5.74) is 1.20. The Morgan fingerprint density at radius 2 is 1.91 bits per heavy atom. The second kappa shape index (κ2) is 7.54. The molecule has 0 saturated carbocycles. The number of imide groups is 1. The normalized spacial score (nSPS) is 14.8. The molecule has 1 fully saturated rings. The first kappa shape index (κ1) is 15.9. The van der Waals surface area contributed by atoms with E-state index in [-0.39, 0.29) is 24.9 Å². The van der Waals surface area contributed by atoms with E-state index in [0.29, 0.717) is 13.0 Å². The van der Waals surface area contributed by atoms with Crippen molar-refractivity contribution in [1.82, 2.24) is 9.80 Å². The predicted molar refractivity (Wildman–Crippen MR) is 82.9 cm³/mol. The molecule has 1 saturated heterocycles. The Labute approximate surface area is 130 Å². The highest BCUT2D eigenvalue weighted by atomic mass is 16.2. The molecule has 0 aliphatic carbocycles. The fraction of sp³-hybridized carbons (Fsp3) is 0.353. The number of benzene rings is 1. The molecular formula is C17H20N2O3. The molecule has 1 aromatic rings. The number of piperazine rings is 1. The van der Waals surface area contributed by atoms with Crippen molar-refractivity contribution in [3.63, 3.8) is 0 Å². The highest BCUT2D eigenvalue weighted by Gasteiger charge is 2.29. The molecule has 1 aliphatic heterocycles. The maximum absolute atomic E-state index is 12.1. The van der Waals surface area contributed by atoms with E-state index in [1.165, 1.54) is 10.5 Å². The summed E-state index contributed by atoms with van der Waals surface area (Å²) in [4.78, 5) is 38.1. The van der Waals surface area contributed by atoms with E-state index in [0.717, 1.165) is 23.8 Å². The summed E-state index contributed by atoms with van der Waals surface area (Å²) in [7, 11) is 0. The Hall–Kier alpha value is -2.43. The Morgan fingerprint density at radius 3 is 2.55 bits per heavy atom. The van der Waals surface area contributed by atoms with Gasteiger partial charge in [-0.1, -0.05) is 36.9 Å². The highest BCUT2D eigenvalue weighted by Crippen LogP contribution is 2.09. The largest absolute Gasteiger partial charge is 0.332 e. The molecule has 116 valence electrons. The zero-order valence-electron chi connectivity index (χ0n) is 12.5. The van der Waals surface area contributed by atoms with Crippen molar-refractivity contribution in [3.05, 3.63) is 48.6 Å². The summed E-state index contributed by atoms with van der Waals surface area (Å²) in [6.45, 7) is 3.99. The van der Waals surface area contributed by atoms with Crippen LogP contribution in [0, 0.1) is 0 Å². The van der Waals surface area contributed by atoms with Gasteiger partial charge in [-0.2, -0.15) is 0 Å². The van der Waals surface area contributed by atoms with Gasteiger partial charge >= 0.3 is 0 Å². The van der Waals surface area contributed by atoms with Gasteiger partial charge in [0.25, 0.3) is 5.91 Å². The maximum Gasteiger partial charge on any atom is 0.252 e. The van der Waals surface area contributed by atoms with Crippen LogP contribution >= 0.6 is 0 Å². The number of nitrogens with zero attached hydrogens (tertiary/aromatic N) is 2. The molecule has 5 heteroatoms. The van der Waals surface area contributed by atoms with E-state index in [1.54, 1.807) is 0 Å². The molecule has 1 heterocycles. The highest BCUT2D eigenvalue weighted by molar-refractivity contribution is 6.02. The monoisotopic (exact) mass is 300 g/mol. The lowest BCUT2D eigenvalue weighted by atomic mass is 10.1. The van der Waals surface area contributed by atoms with Crippen LogP contribution in [0.4, 0.5) is 0 Å². The lowest BCUT2D eigenvalue weighted by molar-refractivity contribution is -0.151. The smallest absolute Gasteiger partial charge is 0.252 e. The van der Waals surface area contributed by atoms with E-state index in [1.807, 2.05) is 30.3 Å². The summed E-state index contributed by atoms with van der Waals surface area (Å²) in [5.74, 6) is -0.774. The molecule has 3 amide bonds. The van der Waals surface area contributed by atoms with E-state index >= 15 is 0 Å². The molecule has 0 aromatic heterocycles. The van der Waals surface area contributed by atoms with Crippen LogP contribution in [-0.4, -0.2) is 47.2 Å². The van der Waals surface area contributed by atoms with Crippen LogP contribution in [0.5, 0.6) is 0 Å². The zero-order valence-corrected chi connectivity index (χ0v) is 12.5. The summed E-state index contributed by atoms with van der Waals surface area (Å²) < 4.78 is 0. The standard InChI is InChI=1S/C17H20N2O3/c1-2-15(20)19-12-11-18(13-17(19)22)16(21)10-6-9-14-7-4-3-5-8-14/h2-5,7-8H,1,6,9-13H2. The Kier molecular flexibility index (Phi) is 5.47. The molecule has 5 nitrogen and oxygen atoms in total. The third-order valence-corrected chi connectivity index (χ3v) is 3.71. The van der Waals surface area contributed by atoms with Crippen LogP contribution in [0.25, 0.3) is 0 Å². The van der Waals surface area contributed by atoms with E-state index in [4.69, 9.17) is 0 Å². The Morgan fingerprint density at radius 1 is 1.18 bits per heavy atom. The number of hydrogen-bond acceptors (Lipinski definition) is 3. The third kappa shape index (κ3) is 4.04. The maximum atomic E-state index is 12.1. The summed E-state index contributed by atoms with van der Waals surface area (Å²) in [6, 6.07) is 9.99. The lowest BCUT2D eigenvalue weighted by Crippen LogP contribution is -2.53. The van der Waals surface area contributed by atoms with Gasteiger partial charge < -0.3 is 4.90 Å². The molecule has 2 rings (SSSR count). The van der Waals surface area contributed by atoms with Crippen molar-refractivity contribution in [2.24, 2.45) is 0 Å². The van der Waals surface area contributed by atoms with Gasteiger partial charge in [0.1, 0.15) is 6.54 Å². The minimum atomic E-state index is -0.402. The van der Waals surface area contributed by atoms with Gasteiger partial charge in [-0.3, -0.25) is 19.3 Å². The van der Waals surface area contributed by atoms with Crippen LogP contribution in [0.1, 0.15) is 18.4 Å². The summed E-state index contributed by atoms with van der Waals surface area (Å²) in [5, 5.41) is 0. The van der Waals surface area contributed by atoms with Crippen molar-refractivity contribution in [2.45, 2.75) is 19.3 Å². The average molecular weight is 300 g/mol. The quantitative estimate of drug-likeness (QED) is 0.772. The molecular weight excluding hydrogens is 280 g/mol. The molecule has 0 bridgehead atoms.